The Bertz CT molecular complexity index is 363. The minimum Gasteiger partial charge on any atom is -0.508 e. The van der Waals surface area contributed by atoms with Crippen LogP contribution in [0.1, 0.15) is 25.3 Å². The van der Waals surface area contributed by atoms with E-state index in [0.717, 1.165) is 13.0 Å². The van der Waals surface area contributed by atoms with Crippen LogP contribution in [0.15, 0.2) is 24.3 Å². The van der Waals surface area contributed by atoms with Gasteiger partial charge in [-0.2, -0.15) is 0 Å². The fourth-order valence-electron chi connectivity index (χ4n) is 2.98. The maximum Gasteiger partial charge on any atom is 0.115 e. The highest BCUT2D eigenvalue weighted by atomic mass is 16.3. The molecule has 18 heavy (non-hydrogen) atoms. The number of nitrogens with one attached hydrogen (secondary N) is 1. The maximum absolute atomic E-state index is 9.30. The van der Waals surface area contributed by atoms with Gasteiger partial charge >= 0.3 is 0 Å². The van der Waals surface area contributed by atoms with Crippen molar-refractivity contribution in [1.82, 2.24) is 10.2 Å². The van der Waals surface area contributed by atoms with Crippen LogP contribution in [-0.2, 0) is 6.42 Å². The monoisotopic (exact) mass is 248 g/mol. The third-order valence-electron chi connectivity index (χ3n) is 3.90. The summed E-state index contributed by atoms with van der Waals surface area (Å²) < 4.78 is 0. The molecule has 1 saturated heterocycles. The van der Waals surface area contributed by atoms with Gasteiger partial charge < -0.3 is 10.4 Å². The summed E-state index contributed by atoms with van der Waals surface area (Å²) in [6.07, 6.45) is 3.67. The minimum atomic E-state index is 0.348. The first-order valence-electron chi connectivity index (χ1n) is 6.89. The minimum absolute atomic E-state index is 0.348. The predicted octanol–water partition coefficient (Wildman–Crippen LogP) is 2.01. The third-order valence-corrected chi connectivity index (χ3v) is 3.90. The van der Waals surface area contributed by atoms with Gasteiger partial charge in [0.05, 0.1) is 0 Å². The number of rotatable bonds is 5. The Hall–Kier alpha value is -1.06. The molecule has 0 aromatic heterocycles. The average molecular weight is 248 g/mol. The number of likely N-dealkylation sites (N-methyl/N-ethyl adjacent to an activating group) is 1. The molecule has 3 heteroatoms. The normalized spacial score (nSPS) is 22.2. The Labute approximate surface area is 110 Å². The first kappa shape index (κ1) is 13.4. The first-order valence-corrected chi connectivity index (χ1v) is 6.89. The second-order valence-electron chi connectivity index (χ2n) is 5.31. The van der Waals surface area contributed by atoms with Gasteiger partial charge in [-0.25, -0.2) is 0 Å². The first-order chi connectivity index (χ1) is 8.70. The number of phenolic OH excluding ortho intramolecular Hbond substituents is 1. The summed E-state index contributed by atoms with van der Waals surface area (Å²) in [4.78, 5) is 2.61. The van der Waals surface area contributed by atoms with Crippen LogP contribution in [0.25, 0.3) is 0 Å². The summed E-state index contributed by atoms with van der Waals surface area (Å²) in [6, 6.07) is 8.84. The quantitative estimate of drug-likeness (QED) is 0.836. The molecule has 2 atom stereocenters. The lowest BCUT2D eigenvalue weighted by molar-refractivity contribution is 0.188. The smallest absolute Gasteiger partial charge is 0.115 e. The molecule has 0 radical (unpaired) electrons. The van der Waals surface area contributed by atoms with E-state index in [0.29, 0.717) is 17.8 Å². The topological polar surface area (TPSA) is 35.5 Å². The van der Waals surface area contributed by atoms with E-state index in [-0.39, 0.29) is 0 Å². The van der Waals surface area contributed by atoms with Crippen LogP contribution < -0.4 is 5.32 Å². The Balaban J connectivity index is 1.94. The molecule has 2 unspecified atom stereocenters. The Morgan fingerprint density at radius 1 is 1.39 bits per heavy atom. The fraction of sp³-hybridized carbons (Fsp3) is 0.600. The predicted molar refractivity (Wildman–Crippen MR) is 74.9 cm³/mol. The van der Waals surface area contributed by atoms with Crippen molar-refractivity contribution in [2.45, 2.75) is 38.3 Å². The standard InChI is InChI=1S/C15H24N2O/c1-12(10-13-5-7-15(18)8-6-13)17-9-3-4-14(17)11-16-2/h5-8,12,14,16,18H,3-4,9-11H2,1-2H3. The van der Waals surface area contributed by atoms with Gasteiger partial charge in [0, 0.05) is 18.6 Å². The van der Waals surface area contributed by atoms with Crippen molar-refractivity contribution >= 4 is 0 Å². The molecule has 1 aromatic carbocycles. The van der Waals surface area contributed by atoms with Crippen molar-refractivity contribution in [3.05, 3.63) is 29.8 Å². The van der Waals surface area contributed by atoms with Crippen LogP contribution >= 0.6 is 0 Å². The van der Waals surface area contributed by atoms with E-state index in [9.17, 15) is 5.11 Å². The number of hydrogen-bond donors (Lipinski definition) is 2. The summed E-state index contributed by atoms with van der Waals surface area (Å²) in [5.41, 5.74) is 1.30. The lowest BCUT2D eigenvalue weighted by Crippen LogP contribution is -2.43. The van der Waals surface area contributed by atoms with Crippen LogP contribution in [0.4, 0.5) is 0 Å². The van der Waals surface area contributed by atoms with Crippen molar-refractivity contribution in [3.63, 3.8) is 0 Å². The molecule has 3 nitrogen and oxygen atoms in total. The number of aromatic hydroxyl groups is 1. The Morgan fingerprint density at radius 2 is 2.11 bits per heavy atom. The second kappa shape index (κ2) is 6.21. The molecular weight excluding hydrogens is 224 g/mol. The highest BCUT2D eigenvalue weighted by Gasteiger charge is 2.27. The van der Waals surface area contributed by atoms with Crippen LogP contribution in [0, 0.1) is 0 Å². The van der Waals surface area contributed by atoms with Gasteiger partial charge in [0.25, 0.3) is 0 Å². The summed E-state index contributed by atoms with van der Waals surface area (Å²) in [5, 5.41) is 12.6. The van der Waals surface area contributed by atoms with Gasteiger partial charge in [-0.3, -0.25) is 4.90 Å². The van der Waals surface area contributed by atoms with Crippen molar-refractivity contribution in [2.75, 3.05) is 20.1 Å². The number of nitrogens with zero attached hydrogens (tertiary/aromatic N) is 1. The number of benzene rings is 1. The number of phenols is 1. The highest BCUT2D eigenvalue weighted by Crippen LogP contribution is 2.22. The van der Waals surface area contributed by atoms with Gasteiger partial charge in [0.1, 0.15) is 5.75 Å². The van der Waals surface area contributed by atoms with Crippen LogP contribution in [0.5, 0.6) is 5.75 Å². The molecule has 1 aliphatic rings. The molecule has 0 spiro atoms. The molecule has 2 N–H and O–H groups in total. The third kappa shape index (κ3) is 3.24. The molecule has 100 valence electrons. The molecular formula is C15H24N2O. The van der Waals surface area contributed by atoms with Crippen molar-refractivity contribution in [2.24, 2.45) is 0 Å². The summed E-state index contributed by atoms with van der Waals surface area (Å²) in [6.45, 7) is 4.60. The molecule has 1 aliphatic heterocycles. The van der Waals surface area contributed by atoms with Crippen LogP contribution in [0.2, 0.25) is 0 Å². The molecule has 0 aliphatic carbocycles. The second-order valence-corrected chi connectivity index (χ2v) is 5.31. The SMILES string of the molecule is CNCC1CCCN1C(C)Cc1ccc(O)cc1. The van der Waals surface area contributed by atoms with E-state index >= 15 is 0 Å². The van der Waals surface area contributed by atoms with E-state index in [1.165, 1.54) is 24.9 Å². The fourth-order valence-corrected chi connectivity index (χ4v) is 2.98. The maximum atomic E-state index is 9.30. The molecule has 1 aromatic rings. The van der Waals surface area contributed by atoms with E-state index in [1.54, 1.807) is 12.1 Å². The van der Waals surface area contributed by atoms with Gasteiger partial charge in [-0.15, -0.1) is 0 Å². The summed E-state index contributed by atoms with van der Waals surface area (Å²) in [5.74, 6) is 0.348. The Morgan fingerprint density at radius 3 is 2.78 bits per heavy atom. The Kier molecular flexibility index (Phi) is 4.61. The van der Waals surface area contributed by atoms with Gasteiger partial charge in [0.2, 0.25) is 0 Å². The number of likely N-dealkylation sites (tertiary alicyclic amines) is 1. The van der Waals surface area contributed by atoms with E-state index in [4.69, 9.17) is 0 Å². The molecule has 0 saturated carbocycles. The van der Waals surface area contributed by atoms with Crippen molar-refractivity contribution < 1.29 is 5.11 Å². The molecule has 0 amide bonds. The van der Waals surface area contributed by atoms with Gasteiger partial charge in [-0.05, 0) is 57.5 Å². The molecule has 0 bridgehead atoms. The molecule has 2 rings (SSSR count). The van der Waals surface area contributed by atoms with Gasteiger partial charge in [0.15, 0.2) is 0 Å². The number of hydrogen-bond acceptors (Lipinski definition) is 3. The lowest BCUT2D eigenvalue weighted by atomic mass is 10.0. The molecule has 1 heterocycles. The largest absolute Gasteiger partial charge is 0.508 e. The highest BCUT2D eigenvalue weighted by molar-refractivity contribution is 5.26. The zero-order chi connectivity index (χ0) is 13.0. The van der Waals surface area contributed by atoms with Crippen molar-refractivity contribution in [3.8, 4) is 5.75 Å². The van der Waals surface area contributed by atoms with Crippen molar-refractivity contribution in [1.29, 1.82) is 0 Å². The zero-order valence-corrected chi connectivity index (χ0v) is 11.4. The van der Waals surface area contributed by atoms with Gasteiger partial charge in [-0.1, -0.05) is 12.1 Å². The van der Waals surface area contributed by atoms with E-state index < -0.39 is 0 Å². The summed E-state index contributed by atoms with van der Waals surface area (Å²) >= 11 is 0. The zero-order valence-electron chi connectivity index (χ0n) is 11.4. The van der Waals surface area contributed by atoms with Crippen LogP contribution in [0.3, 0.4) is 0 Å². The van der Waals surface area contributed by atoms with E-state index in [2.05, 4.69) is 17.1 Å². The van der Waals surface area contributed by atoms with E-state index in [1.807, 2.05) is 19.2 Å². The van der Waals surface area contributed by atoms with Crippen LogP contribution in [-0.4, -0.2) is 42.2 Å². The average Bonchev–Trinajstić information content (AvgIpc) is 2.81. The lowest BCUT2D eigenvalue weighted by Gasteiger charge is -2.30. The summed E-state index contributed by atoms with van der Waals surface area (Å²) in [7, 11) is 2.03. The molecule has 1 fully saturated rings.